The highest BCUT2D eigenvalue weighted by molar-refractivity contribution is 6.02. The molecule has 0 atom stereocenters. The molecule has 0 aliphatic carbocycles. The second-order valence-corrected chi connectivity index (χ2v) is 4.71. The summed E-state index contributed by atoms with van der Waals surface area (Å²) in [5.74, 6) is -0.596. The van der Waals surface area contributed by atoms with Crippen molar-refractivity contribution in [2.24, 2.45) is 0 Å². The molecule has 1 heterocycles. The molecule has 0 unspecified atom stereocenters. The number of hydrogen-bond donors (Lipinski definition) is 0. The van der Waals surface area contributed by atoms with Gasteiger partial charge in [-0.2, -0.15) is 0 Å². The standard InChI is InChI=1S/C17H16FNO3/c1-10(2)14-15(17(20)22-4)13(9-19-16(14)21-3)11-5-7-12(18)8-6-11/h5-9H,1H2,2-4H3. The summed E-state index contributed by atoms with van der Waals surface area (Å²) in [6.07, 6.45) is 1.50. The number of methoxy groups -OCH3 is 2. The highest BCUT2D eigenvalue weighted by atomic mass is 19.1. The van der Waals surface area contributed by atoms with Crippen molar-refractivity contribution < 1.29 is 18.7 Å². The Morgan fingerprint density at radius 2 is 1.82 bits per heavy atom. The highest BCUT2D eigenvalue weighted by Gasteiger charge is 2.23. The predicted octanol–water partition coefficient (Wildman–Crippen LogP) is 3.72. The van der Waals surface area contributed by atoms with Gasteiger partial charge in [-0.25, -0.2) is 14.2 Å². The summed E-state index contributed by atoms with van der Waals surface area (Å²) < 4.78 is 23.2. The summed E-state index contributed by atoms with van der Waals surface area (Å²) in [6.45, 7) is 5.62. The topological polar surface area (TPSA) is 48.4 Å². The van der Waals surface area contributed by atoms with Gasteiger partial charge in [0.2, 0.25) is 5.88 Å². The fraction of sp³-hybridized carbons (Fsp3) is 0.176. The molecule has 2 rings (SSSR count). The number of allylic oxidation sites excluding steroid dienone is 1. The van der Waals surface area contributed by atoms with Crippen molar-refractivity contribution in [2.45, 2.75) is 6.92 Å². The van der Waals surface area contributed by atoms with Crippen LogP contribution in [0.25, 0.3) is 16.7 Å². The molecule has 114 valence electrons. The first-order valence-corrected chi connectivity index (χ1v) is 6.56. The maximum Gasteiger partial charge on any atom is 0.339 e. The van der Waals surface area contributed by atoms with Gasteiger partial charge in [-0.05, 0) is 30.2 Å². The average molecular weight is 301 g/mol. The van der Waals surface area contributed by atoms with Gasteiger partial charge in [0, 0.05) is 11.8 Å². The maximum atomic E-state index is 13.1. The van der Waals surface area contributed by atoms with Gasteiger partial charge < -0.3 is 9.47 Å². The van der Waals surface area contributed by atoms with Gasteiger partial charge in [-0.3, -0.25) is 0 Å². The molecular formula is C17H16FNO3. The lowest BCUT2D eigenvalue weighted by atomic mass is 9.95. The molecule has 0 fully saturated rings. The molecule has 1 aromatic carbocycles. The number of carbonyl (C=O) groups excluding carboxylic acids is 1. The molecule has 0 radical (unpaired) electrons. The van der Waals surface area contributed by atoms with E-state index in [-0.39, 0.29) is 5.82 Å². The minimum atomic E-state index is -0.530. The zero-order chi connectivity index (χ0) is 16.3. The van der Waals surface area contributed by atoms with Gasteiger partial charge in [0.25, 0.3) is 0 Å². The summed E-state index contributed by atoms with van der Waals surface area (Å²) in [5, 5.41) is 0. The minimum absolute atomic E-state index is 0.291. The number of benzene rings is 1. The number of hydrogen-bond acceptors (Lipinski definition) is 4. The smallest absolute Gasteiger partial charge is 0.339 e. The van der Waals surface area contributed by atoms with Gasteiger partial charge in [-0.1, -0.05) is 18.7 Å². The first-order valence-electron chi connectivity index (χ1n) is 6.56. The minimum Gasteiger partial charge on any atom is -0.481 e. The fourth-order valence-electron chi connectivity index (χ4n) is 2.21. The monoisotopic (exact) mass is 301 g/mol. The van der Waals surface area contributed by atoms with Crippen molar-refractivity contribution in [1.82, 2.24) is 4.98 Å². The van der Waals surface area contributed by atoms with Crippen LogP contribution in [0.4, 0.5) is 4.39 Å². The van der Waals surface area contributed by atoms with E-state index in [1.807, 2.05) is 0 Å². The quantitative estimate of drug-likeness (QED) is 0.808. The Hall–Kier alpha value is -2.69. The fourth-order valence-corrected chi connectivity index (χ4v) is 2.21. The lowest BCUT2D eigenvalue weighted by molar-refractivity contribution is 0.0600. The second-order valence-electron chi connectivity index (χ2n) is 4.71. The molecule has 5 heteroatoms. The van der Waals surface area contributed by atoms with Crippen molar-refractivity contribution in [3.8, 4) is 17.0 Å². The summed E-state index contributed by atoms with van der Waals surface area (Å²) in [6, 6.07) is 5.79. The largest absolute Gasteiger partial charge is 0.481 e. The number of halogens is 1. The number of aromatic nitrogens is 1. The zero-order valence-electron chi connectivity index (χ0n) is 12.6. The van der Waals surface area contributed by atoms with Gasteiger partial charge in [0.15, 0.2) is 0 Å². The number of carbonyl (C=O) groups is 1. The van der Waals surface area contributed by atoms with Gasteiger partial charge >= 0.3 is 5.97 Å². The van der Waals surface area contributed by atoms with E-state index in [0.717, 1.165) is 0 Å². The van der Waals surface area contributed by atoms with Crippen molar-refractivity contribution in [2.75, 3.05) is 14.2 Å². The normalized spacial score (nSPS) is 10.2. The Bertz CT molecular complexity index is 723. The number of ether oxygens (including phenoxy) is 2. The summed E-state index contributed by atoms with van der Waals surface area (Å²) in [4.78, 5) is 16.5. The van der Waals surface area contributed by atoms with Crippen molar-refractivity contribution in [3.05, 3.63) is 54.0 Å². The van der Waals surface area contributed by atoms with Crippen LogP contribution in [0.2, 0.25) is 0 Å². The Balaban J connectivity index is 2.78. The molecule has 22 heavy (non-hydrogen) atoms. The molecule has 0 spiro atoms. The van der Waals surface area contributed by atoms with Gasteiger partial charge in [0.1, 0.15) is 5.82 Å². The molecule has 1 aromatic heterocycles. The van der Waals surface area contributed by atoms with Crippen molar-refractivity contribution in [3.63, 3.8) is 0 Å². The Morgan fingerprint density at radius 3 is 2.32 bits per heavy atom. The van der Waals surface area contributed by atoms with Crippen LogP contribution in [0.1, 0.15) is 22.8 Å². The first-order chi connectivity index (χ1) is 10.5. The second kappa shape index (κ2) is 6.39. The Kier molecular flexibility index (Phi) is 4.56. The molecule has 0 saturated carbocycles. The number of esters is 1. The van der Waals surface area contributed by atoms with E-state index >= 15 is 0 Å². The average Bonchev–Trinajstić information content (AvgIpc) is 2.53. The Labute approximate surface area is 128 Å². The molecule has 0 aliphatic rings. The van der Waals surface area contributed by atoms with Gasteiger partial charge in [-0.15, -0.1) is 0 Å². The molecule has 4 nitrogen and oxygen atoms in total. The molecule has 2 aromatic rings. The molecule has 0 N–H and O–H groups in total. The lowest BCUT2D eigenvalue weighted by Gasteiger charge is -2.16. The van der Waals surface area contributed by atoms with Crippen LogP contribution in [-0.4, -0.2) is 25.2 Å². The van der Waals surface area contributed by atoms with Crippen LogP contribution in [0.15, 0.2) is 37.0 Å². The van der Waals surface area contributed by atoms with E-state index < -0.39 is 5.97 Å². The van der Waals surface area contributed by atoms with E-state index in [0.29, 0.717) is 33.7 Å². The molecule has 0 aliphatic heterocycles. The first kappa shape index (κ1) is 15.7. The van der Waals surface area contributed by atoms with Crippen LogP contribution in [0.5, 0.6) is 5.88 Å². The third-order valence-corrected chi connectivity index (χ3v) is 3.21. The molecule has 0 saturated heterocycles. The Morgan fingerprint density at radius 1 is 1.18 bits per heavy atom. The van der Waals surface area contributed by atoms with Crippen molar-refractivity contribution >= 4 is 11.5 Å². The van der Waals surface area contributed by atoms with Crippen LogP contribution in [0.3, 0.4) is 0 Å². The van der Waals surface area contributed by atoms with Crippen LogP contribution in [0, 0.1) is 5.82 Å². The SMILES string of the molecule is C=C(C)c1c(OC)ncc(-c2ccc(F)cc2)c1C(=O)OC. The van der Waals surface area contributed by atoms with E-state index in [1.165, 1.54) is 32.5 Å². The molecule has 0 amide bonds. The summed E-state index contributed by atoms with van der Waals surface area (Å²) in [7, 11) is 2.76. The maximum absolute atomic E-state index is 13.1. The van der Waals surface area contributed by atoms with E-state index in [4.69, 9.17) is 9.47 Å². The zero-order valence-corrected chi connectivity index (χ0v) is 12.6. The van der Waals surface area contributed by atoms with Crippen LogP contribution < -0.4 is 4.74 Å². The van der Waals surface area contributed by atoms with Crippen LogP contribution in [-0.2, 0) is 4.74 Å². The highest BCUT2D eigenvalue weighted by Crippen LogP contribution is 2.34. The van der Waals surface area contributed by atoms with Gasteiger partial charge in [0.05, 0.1) is 25.3 Å². The number of nitrogens with zero attached hydrogens (tertiary/aromatic N) is 1. The van der Waals surface area contributed by atoms with Crippen LogP contribution >= 0.6 is 0 Å². The van der Waals surface area contributed by atoms with E-state index in [9.17, 15) is 9.18 Å². The van der Waals surface area contributed by atoms with Crippen molar-refractivity contribution in [1.29, 1.82) is 0 Å². The summed E-state index contributed by atoms with van der Waals surface area (Å²) in [5.41, 5.74) is 2.59. The van der Waals surface area contributed by atoms with E-state index in [1.54, 1.807) is 19.1 Å². The third-order valence-electron chi connectivity index (χ3n) is 3.21. The van der Waals surface area contributed by atoms with E-state index in [2.05, 4.69) is 11.6 Å². The number of pyridine rings is 1. The number of rotatable bonds is 4. The molecule has 0 bridgehead atoms. The summed E-state index contributed by atoms with van der Waals surface area (Å²) >= 11 is 0. The molecular weight excluding hydrogens is 285 g/mol. The predicted molar refractivity (Wildman–Crippen MR) is 82.2 cm³/mol. The third kappa shape index (κ3) is 2.83. The lowest BCUT2D eigenvalue weighted by Crippen LogP contribution is -2.10.